The lowest BCUT2D eigenvalue weighted by molar-refractivity contribution is -0.121. The Balaban J connectivity index is 0.000000606. The molecule has 1 atom stereocenters. The molecule has 11 heteroatoms. The number of nitrogens with two attached hydrogens (primary N) is 3. The van der Waals surface area contributed by atoms with Crippen LogP contribution in [0.5, 0.6) is 0 Å². The maximum absolute atomic E-state index is 12.9. The number of morpholine rings is 1. The molecule has 11 nitrogen and oxygen atoms in total. The van der Waals surface area contributed by atoms with Crippen LogP contribution >= 0.6 is 0 Å². The van der Waals surface area contributed by atoms with E-state index in [0.29, 0.717) is 42.8 Å². The zero-order valence-electron chi connectivity index (χ0n) is 26.8. The maximum atomic E-state index is 12.9. The molecule has 0 bridgehead atoms. The predicted octanol–water partition coefficient (Wildman–Crippen LogP) is 3.54. The molecule has 1 unspecified atom stereocenters. The minimum Gasteiger partial charge on any atom is -0.379 e. The van der Waals surface area contributed by atoms with Gasteiger partial charge in [-0.15, -0.1) is 0 Å². The summed E-state index contributed by atoms with van der Waals surface area (Å²) in [5, 5.41) is 3.01. The van der Waals surface area contributed by atoms with Crippen molar-refractivity contribution in [1.29, 1.82) is 0 Å². The maximum Gasteiger partial charge on any atom is 0.251 e. The zero-order chi connectivity index (χ0) is 32.9. The van der Waals surface area contributed by atoms with Crippen molar-refractivity contribution < 1.29 is 14.3 Å². The topological polar surface area (TPSA) is 167 Å². The Morgan fingerprint density at radius 2 is 1.67 bits per heavy atom. The molecule has 7 N–H and O–H groups in total. The molecule has 1 aromatic heterocycles. The van der Waals surface area contributed by atoms with Crippen molar-refractivity contribution in [2.75, 3.05) is 45.9 Å². The van der Waals surface area contributed by atoms with Crippen LogP contribution in [0.2, 0.25) is 0 Å². The Kier molecular flexibility index (Phi) is 12.7. The first-order valence-electron chi connectivity index (χ1n) is 15.8. The Morgan fingerprint density at radius 1 is 0.935 bits per heavy atom. The molecule has 0 radical (unpaired) electrons. The molecule has 5 rings (SSSR count). The number of ether oxygens (including phenoxy) is 1. The van der Waals surface area contributed by atoms with Crippen molar-refractivity contribution in [2.45, 2.75) is 39.2 Å². The molecule has 3 aromatic carbocycles. The lowest BCUT2D eigenvalue weighted by atomic mass is 10.1. The van der Waals surface area contributed by atoms with Crippen LogP contribution in [0, 0.1) is 13.8 Å². The molecule has 1 fully saturated rings. The smallest absolute Gasteiger partial charge is 0.251 e. The van der Waals surface area contributed by atoms with E-state index in [1.54, 1.807) is 12.1 Å². The number of guanidine groups is 1. The summed E-state index contributed by atoms with van der Waals surface area (Å²) in [5.41, 5.74) is 21.9. The first-order valence-corrected chi connectivity index (χ1v) is 15.8. The number of carbonyl (C=O) groups is 2. The van der Waals surface area contributed by atoms with Gasteiger partial charge in [0.1, 0.15) is 11.9 Å². The SMILES string of the molecule is Cc1cccc(-c2nc3cc(C(=O)NCCCN4CCOCC4)ccc3n2C(CCCN=C(N)N)C(N)=O)c1.Cc1ccccc1. The summed E-state index contributed by atoms with van der Waals surface area (Å²) in [6.45, 7) is 9.34. The number of carbonyl (C=O) groups excluding carboxylic acids is 2. The van der Waals surface area contributed by atoms with Gasteiger partial charge >= 0.3 is 0 Å². The molecule has 4 aromatic rings. The van der Waals surface area contributed by atoms with Crippen LogP contribution in [0.15, 0.2) is 77.8 Å². The van der Waals surface area contributed by atoms with Crippen molar-refractivity contribution in [3.63, 3.8) is 0 Å². The number of fused-ring (bicyclic) bond motifs is 1. The Bertz CT molecular complexity index is 1610. The summed E-state index contributed by atoms with van der Waals surface area (Å²) in [6.07, 6.45) is 1.85. The number of primary amides is 1. The second-order valence-corrected chi connectivity index (χ2v) is 11.5. The average Bonchev–Trinajstić information content (AvgIpc) is 3.42. The van der Waals surface area contributed by atoms with E-state index in [1.165, 1.54) is 5.56 Å². The van der Waals surface area contributed by atoms with Crippen LogP contribution in [-0.4, -0.2) is 78.2 Å². The number of nitrogens with zero attached hydrogens (tertiary/aromatic N) is 4. The fourth-order valence-electron chi connectivity index (χ4n) is 5.40. The lowest BCUT2D eigenvalue weighted by Crippen LogP contribution is -2.38. The molecule has 244 valence electrons. The number of nitrogens with one attached hydrogen (secondary N) is 1. The van der Waals surface area contributed by atoms with Gasteiger partial charge in [0.25, 0.3) is 5.91 Å². The predicted molar refractivity (Wildman–Crippen MR) is 183 cm³/mol. The largest absolute Gasteiger partial charge is 0.379 e. The number of amides is 2. The third-order valence-corrected chi connectivity index (χ3v) is 7.78. The molecule has 1 aliphatic rings. The lowest BCUT2D eigenvalue weighted by Gasteiger charge is -2.26. The second-order valence-electron chi connectivity index (χ2n) is 11.5. The molecule has 0 saturated carbocycles. The Morgan fingerprint density at radius 3 is 2.33 bits per heavy atom. The number of hydrogen-bond acceptors (Lipinski definition) is 6. The van der Waals surface area contributed by atoms with Crippen molar-refractivity contribution >= 4 is 28.8 Å². The van der Waals surface area contributed by atoms with Crippen LogP contribution in [0.25, 0.3) is 22.4 Å². The minimum atomic E-state index is -0.667. The van der Waals surface area contributed by atoms with Crippen LogP contribution in [0.1, 0.15) is 46.8 Å². The van der Waals surface area contributed by atoms with E-state index in [0.717, 1.165) is 55.9 Å². The fourth-order valence-corrected chi connectivity index (χ4v) is 5.40. The summed E-state index contributed by atoms with van der Waals surface area (Å²) in [4.78, 5) is 36.8. The number of imidazole rings is 1. The van der Waals surface area contributed by atoms with E-state index in [4.69, 9.17) is 26.9 Å². The minimum absolute atomic E-state index is 0.00561. The van der Waals surface area contributed by atoms with Crippen molar-refractivity contribution in [3.05, 3.63) is 89.5 Å². The molecule has 2 heterocycles. The molecule has 0 spiro atoms. The summed E-state index contributed by atoms with van der Waals surface area (Å²) < 4.78 is 7.25. The van der Waals surface area contributed by atoms with Gasteiger partial charge in [0.05, 0.1) is 24.2 Å². The highest BCUT2D eigenvalue weighted by atomic mass is 16.5. The van der Waals surface area contributed by atoms with Gasteiger partial charge in [-0.25, -0.2) is 4.98 Å². The monoisotopic (exact) mass is 626 g/mol. The van der Waals surface area contributed by atoms with E-state index in [9.17, 15) is 9.59 Å². The Labute approximate surface area is 270 Å². The number of aryl methyl sites for hydroxylation is 2. The third-order valence-electron chi connectivity index (χ3n) is 7.78. The first-order chi connectivity index (χ1) is 22.2. The van der Waals surface area contributed by atoms with Gasteiger partial charge in [-0.05, 0) is 63.9 Å². The van der Waals surface area contributed by atoms with Gasteiger partial charge in [-0.3, -0.25) is 19.5 Å². The van der Waals surface area contributed by atoms with E-state index in [2.05, 4.69) is 34.3 Å². The third kappa shape index (κ3) is 9.88. The van der Waals surface area contributed by atoms with Gasteiger partial charge in [0.15, 0.2) is 5.96 Å². The van der Waals surface area contributed by atoms with Crippen LogP contribution in [0.4, 0.5) is 0 Å². The van der Waals surface area contributed by atoms with Crippen molar-refractivity contribution in [1.82, 2.24) is 19.8 Å². The fraction of sp³-hybridized carbons (Fsp3) is 0.371. The summed E-state index contributed by atoms with van der Waals surface area (Å²) in [7, 11) is 0. The second kappa shape index (κ2) is 17.1. The highest BCUT2D eigenvalue weighted by Crippen LogP contribution is 2.31. The molecule has 1 aliphatic heterocycles. The van der Waals surface area contributed by atoms with Crippen molar-refractivity contribution in [3.8, 4) is 11.4 Å². The van der Waals surface area contributed by atoms with E-state index >= 15 is 0 Å². The van der Waals surface area contributed by atoms with E-state index in [1.807, 2.05) is 60.0 Å². The molecule has 0 aliphatic carbocycles. The number of aliphatic imine (C=N–C) groups is 1. The molecule has 2 amide bonds. The van der Waals surface area contributed by atoms with Crippen molar-refractivity contribution in [2.24, 2.45) is 22.2 Å². The summed E-state index contributed by atoms with van der Waals surface area (Å²) in [6, 6.07) is 22.9. The number of benzene rings is 3. The van der Waals surface area contributed by atoms with Gasteiger partial charge in [0.2, 0.25) is 5.91 Å². The average molecular weight is 627 g/mol. The quantitative estimate of drug-likeness (QED) is 0.106. The van der Waals surface area contributed by atoms with Gasteiger partial charge < -0.3 is 31.8 Å². The highest BCUT2D eigenvalue weighted by molar-refractivity contribution is 5.98. The number of aromatic nitrogens is 2. The molecule has 1 saturated heterocycles. The van der Waals surface area contributed by atoms with Gasteiger partial charge in [0, 0.05) is 37.3 Å². The molecule has 46 heavy (non-hydrogen) atoms. The van der Waals surface area contributed by atoms with E-state index in [-0.39, 0.29) is 11.9 Å². The highest BCUT2D eigenvalue weighted by Gasteiger charge is 2.25. The van der Waals surface area contributed by atoms with E-state index < -0.39 is 11.9 Å². The molecular formula is C35H46N8O3. The number of rotatable bonds is 12. The van der Waals surface area contributed by atoms with Crippen LogP contribution < -0.4 is 22.5 Å². The van der Waals surface area contributed by atoms with Gasteiger partial charge in [-0.2, -0.15) is 0 Å². The van der Waals surface area contributed by atoms with Crippen LogP contribution in [-0.2, 0) is 9.53 Å². The van der Waals surface area contributed by atoms with Crippen LogP contribution in [0.3, 0.4) is 0 Å². The molecular weight excluding hydrogens is 580 g/mol. The number of hydrogen-bond donors (Lipinski definition) is 4. The normalized spacial score (nSPS) is 13.8. The zero-order valence-corrected chi connectivity index (χ0v) is 26.8. The standard InChI is InChI=1S/C28H38N8O3.C7H8/c1-19-5-2-6-20(17-19)26-34-22-18-21(27(38)32-11-4-12-35-13-15-39-16-14-35)8-9-23(22)36(26)24(25(29)37)7-3-10-33-28(30)31;1-7-5-3-2-4-6-7/h2,5-6,8-9,17-18,24H,3-4,7,10-16H2,1H3,(H2,29,37)(H,32,38)(H4,30,31,33);2-6H,1H3. The Hall–Kier alpha value is -4.74. The summed E-state index contributed by atoms with van der Waals surface area (Å²) in [5.74, 6) is -0.0160. The van der Waals surface area contributed by atoms with Gasteiger partial charge in [-0.1, -0.05) is 59.7 Å². The summed E-state index contributed by atoms with van der Waals surface area (Å²) >= 11 is 0. The first kappa shape index (κ1) is 34.1.